The van der Waals surface area contributed by atoms with Crippen LogP contribution in [0.2, 0.25) is 10.0 Å². The van der Waals surface area contributed by atoms with E-state index >= 15 is 19.2 Å². The Balaban J connectivity index is 1.17. The van der Waals surface area contributed by atoms with Gasteiger partial charge in [-0.05, 0) is 122 Å². The van der Waals surface area contributed by atoms with Crippen molar-refractivity contribution in [3.63, 3.8) is 0 Å². The van der Waals surface area contributed by atoms with Gasteiger partial charge in [-0.2, -0.15) is 0 Å². The standard InChI is InChI=1S/C75H93Cl2N11O29/c1-27(2)15-38(80-5)66(104)87-54-56(96)30-8-11-43(36(76)17-30)113-45-19-32-20-46(63(45)117-74-64(61(101)59(99)47(26-90)115-74)116-49-24-75(4,79)65(103)28(3)112-49)114-44-12-9-31(18-37(44)77)57(97)55-72(110)86-53(68(106)81-13-6-14-82-73(111)62(102)60(100)58(98)42(94)25-89)35-21-33(91)22-41(93)50(35)34-16-29(7-10-40(34)92)51(69(107)88-55)85-70(108)52(32)84-67(105)39(23-48(78)95)83-71(54)109/h7-12,16-22,27-28,38-39,42,47,49,51-62,64-65,74,80,89-94,96-103H,6,13-15,23-26,79H2,1-5H3,(H2,78,95)(H,81,106)(H,82,111)(H,83,109)(H,84,105)(H,85,108)(H,86,110)(H,87,104)(H,88,107)/t28-,38+,39-,42+,47+,49-,51+,52+,53-,54+,55-,56+,57+,58+,59+,60-,61-,62+,64+,65+,74-,75-/m0/s1. The topological polar surface area (TPSA) is 653 Å². The monoisotopic (exact) mass is 1680 g/mol. The second kappa shape index (κ2) is 37.8. The van der Waals surface area contributed by atoms with Gasteiger partial charge in [0.2, 0.25) is 59.3 Å². The molecule has 0 saturated carbocycles. The quantitative estimate of drug-likeness (QED) is 0.0294. The highest BCUT2D eigenvalue weighted by atomic mass is 35.5. The lowest BCUT2D eigenvalue weighted by Gasteiger charge is -2.47. The first-order valence-electron chi connectivity index (χ1n) is 36.9. The van der Waals surface area contributed by atoms with E-state index in [2.05, 4.69) is 47.9 Å². The molecular weight excluding hydrogens is 1590 g/mol. The van der Waals surface area contributed by atoms with E-state index in [1.54, 1.807) is 13.8 Å². The van der Waals surface area contributed by atoms with Crippen LogP contribution in [0, 0.1) is 5.92 Å². The van der Waals surface area contributed by atoms with Crippen LogP contribution in [0.4, 0.5) is 0 Å². The largest absolute Gasteiger partial charge is 0.508 e. The Morgan fingerprint density at radius 2 is 1.28 bits per heavy atom. The molecule has 40 nitrogen and oxygen atoms in total. The second-order valence-corrected chi connectivity index (χ2v) is 30.3. The van der Waals surface area contributed by atoms with Crippen molar-refractivity contribution in [1.82, 2.24) is 47.9 Å². The van der Waals surface area contributed by atoms with Gasteiger partial charge in [-0.3, -0.25) is 43.2 Å². The zero-order valence-electron chi connectivity index (χ0n) is 63.2. The number of amides is 9. The Bertz CT molecular complexity index is 4550. The number of likely N-dealkylation sites (N-methyl/N-ethyl adjacent to an activating group) is 1. The number of aliphatic hydroxyl groups is 11. The fourth-order valence-electron chi connectivity index (χ4n) is 13.9. The molecule has 117 heavy (non-hydrogen) atoms. The van der Waals surface area contributed by atoms with Gasteiger partial charge in [0.05, 0.1) is 47.9 Å². The second-order valence-electron chi connectivity index (χ2n) is 29.5. The van der Waals surface area contributed by atoms with E-state index < -0.39 is 291 Å². The number of nitrogens with two attached hydrogens (primary N) is 2. The van der Waals surface area contributed by atoms with Crippen LogP contribution >= 0.6 is 23.2 Å². The van der Waals surface area contributed by atoms with E-state index in [1.165, 1.54) is 33.0 Å². The van der Waals surface area contributed by atoms with Crippen molar-refractivity contribution < 1.29 is 143 Å². The summed E-state index contributed by atoms with van der Waals surface area (Å²) in [7, 11) is 1.46. The van der Waals surface area contributed by atoms with Gasteiger partial charge in [-0.15, -0.1) is 0 Å². The zero-order valence-corrected chi connectivity index (χ0v) is 64.7. The lowest BCUT2D eigenvalue weighted by molar-refractivity contribution is -0.333. The molecule has 0 spiro atoms. The molecule has 636 valence electrons. The summed E-state index contributed by atoms with van der Waals surface area (Å²) in [6, 6.07) is -1.04. The van der Waals surface area contributed by atoms with E-state index in [1.807, 2.05) is 0 Å². The summed E-state index contributed by atoms with van der Waals surface area (Å²) >= 11 is 14.2. The Morgan fingerprint density at radius 1 is 0.675 bits per heavy atom. The molecule has 27 N–H and O–H groups in total. The van der Waals surface area contributed by atoms with E-state index in [0.717, 1.165) is 66.7 Å². The van der Waals surface area contributed by atoms with Crippen molar-refractivity contribution in [2.24, 2.45) is 17.4 Å². The summed E-state index contributed by atoms with van der Waals surface area (Å²) < 4.78 is 38.5. The van der Waals surface area contributed by atoms with Gasteiger partial charge in [0.25, 0.3) is 5.91 Å². The van der Waals surface area contributed by atoms with Crippen LogP contribution in [0.3, 0.4) is 0 Å². The Kier molecular flexibility index (Phi) is 28.9. The number of carbonyl (C=O) groups excluding carboxylic acids is 9. The fourth-order valence-corrected chi connectivity index (χ4v) is 14.4. The van der Waals surface area contributed by atoms with E-state index in [-0.39, 0.29) is 48.6 Å². The predicted molar refractivity (Wildman–Crippen MR) is 403 cm³/mol. The fraction of sp³-hybridized carbons (Fsp3) is 0.480. The molecule has 0 radical (unpaired) electrons. The number of rotatable bonds is 22. The first-order valence-corrected chi connectivity index (χ1v) is 37.6. The average molecular weight is 1680 g/mol. The number of phenolic OH excluding ortho intramolecular Hbond substituents is 3. The molecule has 12 rings (SSSR count). The normalized spacial score (nSPS) is 28.1. The SMILES string of the molecule is CN[C@H](CC(C)C)C(=O)N[C@H]1C(=O)N[C@@H](CC(N)=O)C(=O)N[C@H]2C(=O)N[C@H]3C(=O)N[C@H](C(=O)N[C@H](C(=O)NCCCNC(=O)[C@H](O)[C@@H](O)[C@H](O)[C@H](O)CO)c4cc(O)cc(O)c4-c4cc3ccc4O)[C@H](O)c3ccc(c(Cl)c3)Oc3cc2cc(c3O[C@@H]2O[C@H](CO)[C@@H](O)[C@H](O)[C@H]2O[C@H]2C[C@](C)(N)[C@H](O)[C@H](C)O2)Oc2ccc(cc2Cl)[C@H]1O. The highest BCUT2D eigenvalue weighted by Gasteiger charge is 2.52. The first kappa shape index (κ1) is 89.4. The molecule has 22 atom stereocenters. The molecule has 7 heterocycles. The Hall–Kier alpha value is -9.93. The molecule has 11 bridgehead atoms. The van der Waals surface area contributed by atoms with Crippen LogP contribution in [0.25, 0.3) is 11.1 Å². The first-order chi connectivity index (χ1) is 55.2. The van der Waals surface area contributed by atoms with Crippen molar-refractivity contribution in [3.8, 4) is 57.1 Å². The predicted octanol–water partition coefficient (Wildman–Crippen LogP) is -3.92. The molecule has 7 aliphatic heterocycles. The number of phenols is 3. The Labute approximate surface area is 676 Å². The third kappa shape index (κ3) is 20.3. The van der Waals surface area contributed by atoms with E-state index in [9.17, 15) is 95.5 Å². The van der Waals surface area contributed by atoms with Crippen molar-refractivity contribution in [2.45, 2.75) is 187 Å². The molecular formula is C75H93Cl2N11O29. The minimum Gasteiger partial charge on any atom is -0.508 e. The molecule has 9 amide bonds. The summed E-state index contributed by atoms with van der Waals surface area (Å²) in [6.07, 6.45) is -28.0. The van der Waals surface area contributed by atoms with Crippen molar-refractivity contribution in [3.05, 3.63) is 117 Å². The maximum atomic E-state index is 16.2. The minimum absolute atomic E-state index is 0.124. The van der Waals surface area contributed by atoms with Gasteiger partial charge in [-0.1, -0.05) is 55.2 Å². The molecule has 5 aromatic carbocycles. The molecule has 0 aliphatic carbocycles. The number of benzene rings is 5. The Morgan fingerprint density at radius 3 is 1.88 bits per heavy atom. The molecule has 42 heteroatoms. The van der Waals surface area contributed by atoms with Crippen LogP contribution < -0.4 is 73.5 Å². The van der Waals surface area contributed by atoms with E-state index in [0.29, 0.717) is 0 Å². The van der Waals surface area contributed by atoms with Crippen molar-refractivity contribution >= 4 is 76.4 Å². The van der Waals surface area contributed by atoms with Crippen LogP contribution in [0.1, 0.15) is 112 Å². The lowest BCUT2D eigenvalue weighted by atomic mass is 9.86. The highest BCUT2D eigenvalue weighted by molar-refractivity contribution is 6.32. The van der Waals surface area contributed by atoms with Gasteiger partial charge in [-0.25, -0.2) is 0 Å². The number of primary amides is 1. The van der Waals surface area contributed by atoms with Gasteiger partial charge in [0.1, 0.15) is 114 Å². The third-order valence-corrected chi connectivity index (χ3v) is 20.9. The maximum absolute atomic E-state index is 16.2. The number of hydrogen-bond acceptors (Lipinski definition) is 31. The summed E-state index contributed by atoms with van der Waals surface area (Å²) in [4.78, 5) is 133. The number of hydrogen-bond donors (Lipinski definition) is 25. The van der Waals surface area contributed by atoms with Crippen LogP contribution in [0.5, 0.6) is 46.0 Å². The summed E-state index contributed by atoms with van der Waals surface area (Å²) in [5.41, 5.74) is 7.90. The molecule has 0 aromatic heterocycles. The summed E-state index contributed by atoms with van der Waals surface area (Å²) in [5, 5.41) is 176. The number of aliphatic hydroxyl groups excluding tert-OH is 11. The van der Waals surface area contributed by atoms with Crippen LogP contribution in [0.15, 0.2) is 78.9 Å². The van der Waals surface area contributed by atoms with Crippen molar-refractivity contribution in [2.75, 3.05) is 33.4 Å². The highest BCUT2D eigenvalue weighted by Crippen LogP contribution is 2.50. The lowest BCUT2D eigenvalue weighted by Crippen LogP contribution is -2.64. The van der Waals surface area contributed by atoms with Gasteiger partial charge in [0, 0.05) is 42.2 Å². The third-order valence-electron chi connectivity index (χ3n) is 20.3. The van der Waals surface area contributed by atoms with Crippen molar-refractivity contribution in [1.29, 1.82) is 0 Å². The smallest absolute Gasteiger partial charge is 0.251 e. The zero-order chi connectivity index (χ0) is 85.7. The number of nitrogens with one attached hydrogen (secondary N) is 9. The minimum atomic E-state index is -2.40. The number of ether oxygens (including phenoxy) is 6. The molecule has 5 aromatic rings. The van der Waals surface area contributed by atoms with Gasteiger partial charge in [0.15, 0.2) is 30.0 Å². The van der Waals surface area contributed by atoms with Gasteiger partial charge < -0.3 is 159 Å². The van der Waals surface area contributed by atoms with Crippen LogP contribution in [-0.4, -0.2) is 261 Å². The summed E-state index contributed by atoms with van der Waals surface area (Å²) in [5.74, 6) is -17.1. The molecule has 0 unspecified atom stereocenters. The maximum Gasteiger partial charge on any atom is 0.251 e. The molecule has 7 aliphatic rings. The molecule has 2 saturated heterocycles. The van der Waals surface area contributed by atoms with Gasteiger partial charge >= 0.3 is 0 Å². The number of halogens is 2. The molecule has 2 fully saturated rings. The van der Waals surface area contributed by atoms with E-state index in [4.69, 9.17) is 63.1 Å². The number of carbonyl (C=O) groups is 9. The number of fused-ring (bicyclic) bond motifs is 15. The van der Waals surface area contributed by atoms with Crippen LogP contribution in [-0.2, 0) is 57.4 Å². The summed E-state index contributed by atoms with van der Waals surface area (Å²) in [6.45, 7) is 3.71. The number of aromatic hydroxyl groups is 3. The average Bonchev–Trinajstić information content (AvgIpc) is 0.766.